The van der Waals surface area contributed by atoms with E-state index in [1.165, 1.54) is 0 Å². The highest BCUT2D eigenvalue weighted by Crippen LogP contribution is 2.13. The first-order valence-electron chi connectivity index (χ1n) is 5.13. The molecule has 0 amide bonds. The van der Waals surface area contributed by atoms with Gasteiger partial charge in [-0.2, -0.15) is 0 Å². The lowest BCUT2D eigenvalue weighted by Crippen LogP contribution is -2.16. The van der Waals surface area contributed by atoms with E-state index in [4.69, 9.17) is 5.11 Å². The van der Waals surface area contributed by atoms with Crippen molar-refractivity contribution in [1.82, 2.24) is 0 Å². The van der Waals surface area contributed by atoms with Gasteiger partial charge >= 0.3 is 0 Å². The van der Waals surface area contributed by atoms with E-state index < -0.39 is 8.07 Å². The van der Waals surface area contributed by atoms with Crippen LogP contribution in [-0.2, 0) is 0 Å². The van der Waals surface area contributed by atoms with E-state index in [1.807, 2.05) is 6.92 Å². The van der Waals surface area contributed by atoms with Gasteiger partial charge in [-0.15, -0.1) is 11.5 Å². The third kappa shape index (κ3) is 6.94. The van der Waals surface area contributed by atoms with Crippen molar-refractivity contribution >= 4 is 8.07 Å². The normalized spacial score (nSPS) is 12.9. The number of aliphatic hydroxyl groups excluding tert-OH is 1. The molecular formula is C12H22OSi. The van der Waals surface area contributed by atoms with Gasteiger partial charge in [-0.3, -0.25) is 0 Å². The van der Waals surface area contributed by atoms with Gasteiger partial charge in [0.05, 0.1) is 0 Å². The quantitative estimate of drug-likeness (QED) is 0.430. The fourth-order valence-electron chi connectivity index (χ4n) is 1.07. The predicted molar refractivity (Wildman–Crippen MR) is 65.7 cm³/mol. The number of hydrogen-bond acceptors (Lipinski definition) is 1. The van der Waals surface area contributed by atoms with Crippen LogP contribution in [-0.4, -0.2) is 19.8 Å². The third-order valence-electron chi connectivity index (χ3n) is 2.00. The van der Waals surface area contributed by atoms with Crippen LogP contribution in [0.3, 0.4) is 0 Å². The molecule has 0 spiro atoms. The minimum atomic E-state index is -1.21. The Morgan fingerprint density at radius 2 is 2.00 bits per heavy atom. The van der Waals surface area contributed by atoms with E-state index in [0.29, 0.717) is 0 Å². The molecule has 0 saturated carbocycles. The predicted octanol–water partition coefficient (Wildman–Crippen LogP) is 2.83. The van der Waals surface area contributed by atoms with Crippen LogP contribution in [0.25, 0.3) is 0 Å². The van der Waals surface area contributed by atoms with Gasteiger partial charge in [0, 0.05) is 18.9 Å². The smallest absolute Gasteiger partial charge is 0.129 e. The Bertz CT molecular complexity index is 239. The molecule has 0 bridgehead atoms. The largest absolute Gasteiger partial charge is 0.396 e. The Labute approximate surface area is 89.2 Å². The van der Waals surface area contributed by atoms with Crippen LogP contribution in [0.2, 0.25) is 19.6 Å². The Morgan fingerprint density at radius 3 is 2.36 bits per heavy atom. The molecule has 0 unspecified atom stereocenters. The lowest BCUT2D eigenvalue weighted by molar-refractivity contribution is 0.241. The Hall–Kier alpha value is -0.523. The average molecular weight is 210 g/mol. The minimum Gasteiger partial charge on any atom is -0.396 e. The van der Waals surface area contributed by atoms with Crippen LogP contribution in [0.4, 0.5) is 0 Å². The zero-order valence-corrected chi connectivity index (χ0v) is 10.9. The number of hydrogen-bond donors (Lipinski definition) is 1. The van der Waals surface area contributed by atoms with Gasteiger partial charge in [0.2, 0.25) is 0 Å². The Morgan fingerprint density at radius 1 is 1.43 bits per heavy atom. The molecule has 0 radical (unpaired) electrons. The van der Waals surface area contributed by atoms with E-state index in [-0.39, 0.29) is 12.5 Å². The molecule has 0 heterocycles. The molecule has 0 aromatic rings. The van der Waals surface area contributed by atoms with E-state index in [2.05, 4.69) is 37.7 Å². The maximum atomic E-state index is 9.06. The SMILES string of the molecule is C=C(C)[C@@H](CO)CCC#C[Si](C)(C)C. The van der Waals surface area contributed by atoms with Crippen molar-refractivity contribution in [2.45, 2.75) is 39.4 Å². The molecule has 0 rings (SSSR count). The summed E-state index contributed by atoms with van der Waals surface area (Å²) in [4.78, 5) is 0. The Kier molecular flexibility index (Phi) is 5.83. The highest BCUT2D eigenvalue weighted by atomic mass is 28.3. The van der Waals surface area contributed by atoms with Crippen LogP contribution in [0.15, 0.2) is 12.2 Å². The van der Waals surface area contributed by atoms with E-state index >= 15 is 0 Å². The summed E-state index contributed by atoms with van der Waals surface area (Å²) in [5, 5.41) is 9.06. The molecule has 0 fully saturated rings. The molecule has 0 aliphatic carbocycles. The van der Waals surface area contributed by atoms with Crippen molar-refractivity contribution in [3.63, 3.8) is 0 Å². The van der Waals surface area contributed by atoms with Crippen molar-refractivity contribution in [2.75, 3.05) is 6.61 Å². The van der Waals surface area contributed by atoms with Crippen LogP contribution in [0.1, 0.15) is 19.8 Å². The van der Waals surface area contributed by atoms with Crippen molar-refractivity contribution in [1.29, 1.82) is 0 Å². The molecule has 0 aliphatic heterocycles. The highest BCUT2D eigenvalue weighted by molar-refractivity contribution is 6.83. The summed E-state index contributed by atoms with van der Waals surface area (Å²) in [6.07, 6.45) is 1.81. The first-order valence-corrected chi connectivity index (χ1v) is 8.63. The monoisotopic (exact) mass is 210 g/mol. The molecule has 0 aliphatic rings. The molecule has 0 aromatic carbocycles. The van der Waals surface area contributed by atoms with Gasteiger partial charge in [0.1, 0.15) is 8.07 Å². The fourth-order valence-corrected chi connectivity index (χ4v) is 1.72. The first-order chi connectivity index (χ1) is 6.37. The van der Waals surface area contributed by atoms with Crippen LogP contribution in [0, 0.1) is 17.4 Å². The van der Waals surface area contributed by atoms with Crippen molar-refractivity contribution in [3.8, 4) is 11.5 Å². The zero-order chi connectivity index (χ0) is 11.2. The molecule has 1 nitrogen and oxygen atoms in total. The summed E-state index contributed by atoms with van der Waals surface area (Å²) in [5.74, 6) is 3.43. The molecule has 1 N–H and O–H groups in total. The van der Waals surface area contributed by atoms with Gasteiger partial charge in [-0.1, -0.05) is 31.8 Å². The summed E-state index contributed by atoms with van der Waals surface area (Å²) in [6, 6.07) is 0. The number of rotatable bonds is 4. The van der Waals surface area contributed by atoms with Crippen molar-refractivity contribution < 1.29 is 5.11 Å². The molecule has 14 heavy (non-hydrogen) atoms. The topological polar surface area (TPSA) is 20.2 Å². The fraction of sp³-hybridized carbons (Fsp3) is 0.667. The highest BCUT2D eigenvalue weighted by Gasteiger charge is 2.08. The molecule has 0 aromatic heterocycles. The van der Waals surface area contributed by atoms with E-state index in [0.717, 1.165) is 18.4 Å². The van der Waals surface area contributed by atoms with E-state index in [1.54, 1.807) is 0 Å². The standard InChI is InChI=1S/C12H22OSi/c1-11(2)12(10-13)8-6-7-9-14(3,4)5/h12-13H,1,6,8,10H2,2-5H3/t12-/m1/s1. The minimum absolute atomic E-state index is 0.198. The summed E-state index contributed by atoms with van der Waals surface area (Å²) < 4.78 is 0. The second-order valence-corrected chi connectivity index (χ2v) is 9.57. The molecular weight excluding hydrogens is 188 g/mol. The average Bonchev–Trinajstić information content (AvgIpc) is 2.01. The van der Waals surface area contributed by atoms with Crippen molar-refractivity contribution in [3.05, 3.63) is 12.2 Å². The lowest BCUT2D eigenvalue weighted by atomic mass is 9.98. The van der Waals surface area contributed by atoms with Gasteiger partial charge in [0.25, 0.3) is 0 Å². The summed E-state index contributed by atoms with van der Waals surface area (Å²) in [5.41, 5.74) is 4.38. The Balaban J connectivity index is 3.92. The second-order valence-electron chi connectivity index (χ2n) is 4.82. The van der Waals surface area contributed by atoms with Crippen LogP contribution < -0.4 is 0 Å². The molecule has 80 valence electrons. The van der Waals surface area contributed by atoms with Crippen LogP contribution in [0.5, 0.6) is 0 Å². The number of aliphatic hydroxyl groups is 1. The molecule has 1 atom stereocenters. The maximum absolute atomic E-state index is 9.06. The summed E-state index contributed by atoms with van der Waals surface area (Å²) >= 11 is 0. The maximum Gasteiger partial charge on any atom is 0.129 e. The summed E-state index contributed by atoms with van der Waals surface area (Å²) in [6.45, 7) is 12.7. The second kappa shape index (κ2) is 6.05. The lowest BCUT2D eigenvalue weighted by Gasteiger charge is -2.11. The summed E-state index contributed by atoms with van der Waals surface area (Å²) in [7, 11) is -1.21. The third-order valence-corrected chi connectivity index (χ3v) is 2.93. The first kappa shape index (κ1) is 13.5. The molecule has 2 heteroatoms. The van der Waals surface area contributed by atoms with Gasteiger partial charge in [0.15, 0.2) is 0 Å². The molecule has 0 saturated heterocycles. The van der Waals surface area contributed by atoms with E-state index in [9.17, 15) is 0 Å². The van der Waals surface area contributed by atoms with Gasteiger partial charge < -0.3 is 5.11 Å². The van der Waals surface area contributed by atoms with Gasteiger partial charge in [-0.25, -0.2) is 0 Å². The van der Waals surface area contributed by atoms with Crippen LogP contribution >= 0.6 is 0 Å². The van der Waals surface area contributed by atoms with Crippen molar-refractivity contribution in [2.24, 2.45) is 5.92 Å². The van der Waals surface area contributed by atoms with Gasteiger partial charge in [-0.05, 0) is 13.3 Å². The zero-order valence-electron chi connectivity index (χ0n) is 9.85.